The molecule has 0 radical (unpaired) electrons. The maximum Gasteiger partial charge on any atom is 0.249 e. The summed E-state index contributed by atoms with van der Waals surface area (Å²) in [4.78, 5) is 13.2. The molecule has 1 aliphatic heterocycles. The van der Waals surface area contributed by atoms with E-state index in [0.29, 0.717) is 19.3 Å². The van der Waals surface area contributed by atoms with Crippen molar-refractivity contribution in [3.05, 3.63) is 36.5 Å². The van der Waals surface area contributed by atoms with Crippen LogP contribution in [-0.4, -0.2) is 110 Å². The Bertz CT molecular complexity index is 1330. The molecule has 0 aliphatic carbocycles. The van der Waals surface area contributed by atoms with Crippen molar-refractivity contribution in [2.45, 2.75) is 358 Å². The minimum atomic E-state index is -1.67. The van der Waals surface area contributed by atoms with Gasteiger partial charge in [-0.15, -0.1) is 0 Å². The van der Waals surface area contributed by atoms with Gasteiger partial charge in [0.25, 0.3) is 0 Å². The minimum absolute atomic E-state index is 0.247. The Hall–Kier alpha value is -1.67. The van der Waals surface area contributed by atoms with Gasteiger partial charge in [-0.2, -0.15) is 0 Å². The monoisotopic (exact) mass is 1080 g/mol. The maximum atomic E-state index is 13.2. The molecule has 9 unspecified atom stereocenters. The number of rotatable bonds is 56. The lowest BCUT2D eigenvalue weighted by Gasteiger charge is -2.40. The quantitative estimate of drug-likeness (QED) is 0.0215. The van der Waals surface area contributed by atoms with Crippen LogP contribution in [0.25, 0.3) is 0 Å². The zero-order valence-electron chi connectivity index (χ0n) is 49.2. The third kappa shape index (κ3) is 41.4. The van der Waals surface area contributed by atoms with E-state index in [1.807, 2.05) is 0 Å². The van der Waals surface area contributed by atoms with E-state index in [-0.39, 0.29) is 12.8 Å². The summed E-state index contributed by atoms with van der Waals surface area (Å²) in [5, 5.41) is 76.3. The Morgan fingerprint density at radius 2 is 0.789 bits per heavy atom. The van der Waals surface area contributed by atoms with Gasteiger partial charge in [-0.25, -0.2) is 0 Å². The second-order valence-electron chi connectivity index (χ2n) is 22.8. The SMILES string of the molecule is CCCCCCCCCCCCC/C=C/CC/C=C/CCCC(O)C(O)C(COC1OC(CO)C(O)C(O)C1O)NC(=O)C(O)CCCCCCCCCCCCCCC/C=C\CCCCCCCCCCCCCC. The van der Waals surface area contributed by atoms with Crippen LogP contribution in [0.5, 0.6) is 0 Å². The van der Waals surface area contributed by atoms with Gasteiger partial charge in [0.05, 0.1) is 25.4 Å². The lowest BCUT2D eigenvalue weighted by atomic mass is 9.98. The number of nitrogens with one attached hydrogen (secondary N) is 1. The van der Waals surface area contributed by atoms with Crippen LogP contribution < -0.4 is 5.32 Å². The second kappa shape index (κ2) is 53.9. The van der Waals surface area contributed by atoms with Crippen LogP contribution in [0.4, 0.5) is 0 Å². The van der Waals surface area contributed by atoms with Gasteiger partial charge in [-0.1, -0.05) is 262 Å². The molecule has 8 N–H and O–H groups in total. The Labute approximate surface area is 467 Å². The number of hydrogen-bond donors (Lipinski definition) is 8. The van der Waals surface area contributed by atoms with E-state index in [1.165, 1.54) is 218 Å². The summed E-state index contributed by atoms with van der Waals surface area (Å²) in [5.41, 5.74) is 0. The molecular formula is C65H123NO10. The van der Waals surface area contributed by atoms with Crippen LogP contribution in [-0.2, 0) is 14.3 Å². The number of carbonyl (C=O) groups excluding carboxylic acids is 1. The number of ether oxygens (including phenoxy) is 2. The minimum Gasteiger partial charge on any atom is -0.394 e. The van der Waals surface area contributed by atoms with Gasteiger partial charge >= 0.3 is 0 Å². The fourth-order valence-corrected chi connectivity index (χ4v) is 10.4. The van der Waals surface area contributed by atoms with Crippen molar-refractivity contribution >= 4 is 5.91 Å². The van der Waals surface area contributed by atoms with Gasteiger partial charge in [0, 0.05) is 0 Å². The summed E-state index contributed by atoms with van der Waals surface area (Å²) < 4.78 is 11.2. The molecule has 1 fully saturated rings. The van der Waals surface area contributed by atoms with E-state index in [1.54, 1.807) is 0 Å². The number of carbonyl (C=O) groups is 1. The first kappa shape index (κ1) is 72.3. The van der Waals surface area contributed by atoms with Gasteiger partial charge in [0.1, 0.15) is 36.6 Å². The number of unbranched alkanes of at least 4 members (excludes halogenated alkanes) is 38. The molecule has 11 heteroatoms. The van der Waals surface area contributed by atoms with Gasteiger partial charge < -0.3 is 50.5 Å². The van der Waals surface area contributed by atoms with E-state index in [4.69, 9.17) is 9.47 Å². The third-order valence-electron chi connectivity index (χ3n) is 15.6. The molecule has 0 bridgehead atoms. The molecule has 76 heavy (non-hydrogen) atoms. The highest BCUT2D eigenvalue weighted by atomic mass is 16.7. The molecule has 0 spiro atoms. The molecule has 0 aromatic rings. The molecule has 448 valence electrons. The number of aliphatic hydroxyl groups excluding tert-OH is 7. The van der Waals surface area contributed by atoms with Crippen LogP contribution >= 0.6 is 0 Å². The first-order valence-electron chi connectivity index (χ1n) is 32.4. The van der Waals surface area contributed by atoms with Gasteiger partial charge in [0.15, 0.2) is 6.29 Å². The topological polar surface area (TPSA) is 189 Å². The Balaban J connectivity index is 2.25. The number of allylic oxidation sites excluding steroid dienone is 6. The van der Waals surface area contributed by atoms with Gasteiger partial charge in [-0.3, -0.25) is 4.79 Å². The van der Waals surface area contributed by atoms with Crippen LogP contribution in [0.1, 0.15) is 303 Å². The van der Waals surface area contributed by atoms with E-state index >= 15 is 0 Å². The fraction of sp³-hybridized carbons (Fsp3) is 0.892. The number of aliphatic hydroxyl groups is 7. The van der Waals surface area contributed by atoms with Crippen molar-refractivity contribution in [3.8, 4) is 0 Å². The van der Waals surface area contributed by atoms with Crippen molar-refractivity contribution in [1.29, 1.82) is 0 Å². The summed E-state index contributed by atoms with van der Waals surface area (Å²) in [7, 11) is 0. The van der Waals surface area contributed by atoms with E-state index in [0.717, 1.165) is 38.5 Å². The second-order valence-corrected chi connectivity index (χ2v) is 22.8. The Kier molecular flexibility index (Phi) is 51.3. The van der Waals surface area contributed by atoms with Gasteiger partial charge in [0.2, 0.25) is 5.91 Å². The molecule has 0 aromatic heterocycles. The third-order valence-corrected chi connectivity index (χ3v) is 15.6. The van der Waals surface area contributed by atoms with Crippen LogP contribution in [0.3, 0.4) is 0 Å². The van der Waals surface area contributed by atoms with E-state index in [9.17, 15) is 40.5 Å². The predicted molar refractivity (Wildman–Crippen MR) is 316 cm³/mol. The van der Waals surface area contributed by atoms with Crippen LogP contribution in [0.15, 0.2) is 36.5 Å². The molecule has 0 saturated carbocycles. The predicted octanol–water partition coefficient (Wildman–Crippen LogP) is 14.6. The molecule has 0 aromatic carbocycles. The number of hydrogen-bond acceptors (Lipinski definition) is 10. The summed E-state index contributed by atoms with van der Waals surface area (Å²) in [6.07, 6.45) is 56.5. The maximum absolute atomic E-state index is 13.2. The first-order chi connectivity index (χ1) is 37.2. The Morgan fingerprint density at radius 3 is 1.17 bits per heavy atom. The fourth-order valence-electron chi connectivity index (χ4n) is 10.4. The van der Waals surface area contributed by atoms with E-state index in [2.05, 4.69) is 55.6 Å². The Morgan fingerprint density at radius 1 is 0.447 bits per heavy atom. The van der Waals surface area contributed by atoms with Gasteiger partial charge in [-0.05, 0) is 77.0 Å². The van der Waals surface area contributed by atoms with Crippen LogP contribution in [0.2, 0.25) is 0 Å². The van der Waals surface area contributed by atoms with Crippen molar-refractivity contribution < 1.29 is 50.0 Å². The molecular weight excluding hydrogens is 955 g/mol. The van der Waals surface area contributed by atoms with Crippen LogP contribution in [0, 0.1) is 0 Å². The summed E-state index contributed by atoms with van der Waals surface area (Å²) >= 11 is 0. The molecule has 1 rings (SSSR count). The van der Waals surface area contributed by atoms with Crippen molar-refractivity contribution in [3.63, 3.8) is 0 Å². The standard InChI is InChI=1S/C65H123NO10/c1-3-5-7-9-11-13-15-17-19-21-23-25-26-27-28-29-30-31-32-33-35-37-39-41-43-45-47-49-51-53-58(69)64(74)66-56(55-75-65-63(73)62(72)61(71)59(54-67)76-65)60(70)57(68)52-50-48-46-44-42-40-38-36-34-24-22-20-18-16-14-12-10-8-6-4-2/h27-28,36,38,44,46,56-63,65,67-73H,3-26,29-35,37,39-43,45,47-55H2,1-2H3,(H,66,74)/b28-27-,38-36+,46-44+. The summed E-state index contributed by atoms with van der Waals surface area (Å²) in [5.74, 6) is -0.707. The molecule has 1 heterocycles. The highest BCUT2D eigenvalue weighted by Crippen LogP contribution is 2.23. The normalized spacial score (nSPS) is 19.8. The average Bonchev–Trinajstić information content (AvgIpc) is 3.42. The highest BCUT2D eigenvalue weighted by molar-refractivity contribution is 5.80. The van der Waals surface area contributed by atoms with Crippen molar-refractivity contribution in [1.82, 2.24) is 5.32 Å². The summed E-state index contributed by atoms with van der Waals surface area (Å²) in [6.45, 7) is 3.47. The molecule has 11 nitrogen and oxygen atoms in total. The number of amides is 1. The van der Waals surface area contributed by atoms with Crippen molar-refractivity contribution in [2.24, 2.45) is 0 Å². The lowest BCUT2D eigenvalue weighted by molar-refractivity contribution is -0.303. The molecule has 9 atom stereocenters. The van der Waals surface area contributed by atoms with E-state index < -0.39 is 74.2 Å². The first-order valence-corrected chi connectivity index (χ1v) is 32.4. The smallest absolute Gasteiger partial charge is 0.249 e. The molecule has 1 amide bonds. The lowest BCUT2D eigenvalue weighted by Crippen LogP contribution is -2.60. The molecule has 1 saturated heterocycles. The zero-order chi connectivity index (χ0) is 55.4. The highest BCUT2D eigenvalue weighted by Gasteiger charge is 2.44. The molecule has 1 aliphatic rings. The summed E-state index contributed by atoms with van der Waals surface area (Å²) in [6, 6.07) is -1.19. The average molecular weight is 1080 g/mol. The zero-order valence-corrected chi connectivity index (χ0v) is 49.2. The largest absolute Gasteiger partial charge is 0.394 e. The van der Waals surface area contributed by atoms with Crippen molar-refractivity contribution in [2.75, 3.05) is 13.2 Å².